The van der Waals surface area contributed by atoms with Crippen molar-refractivity contribution in [3.05, 3.63) is 46.0 Å². The van der Waals surface area contributed by atoms with Gasteiger partial charge < -0.3 is 9.64 Å². The van der Waals surface area contributed by atoms with Gasteiger partial charge in [0.1, 0.15) is 0 Å². The predicted octanol–water partition coefficient (Wildman–Crippen LogP) is 2.07. The van der Waals surface area contributed by atoms with E-state index in [0.717, 1.165) is 5.56 Å². The second-order valence-electron chi connectivity index (χ2n) is 5.88. The fourth-order valence-electron chi connectivity index (χ4n) is 2.91. The number of ether oxygens (including phenoxy) is 1. The van der Waals surface area contributed by atoms with E-state index in [0.29, 0.717) is 13.1 Å². The van der Waals surface area contributed by atoms with Gasteiger partial charge in [0.25, 0.3) is 0 Å². The van der Waals surface area contributed by atoms with E-state index in [9.17, 15) is 14.9 Å². The van der Waals surface area contributed by atoms with Crippen LogP contribution in [0.1, 0.15) is 31.7 Å². The SMILES string of the molecule is C[C@@H]1CN(C(=O)CC(C[N+](=O)[O-])c2ccccc2)C[C@@H](C)O1. The van der Waals surface area contributed by atoms with Crippen LogP contribution in [0.3, 0.4) is 0 Å². The van der Waals surface area contributed by atoms with Gasteiger partial charge in [-0.05, 0) is 19.4 Å². The van der Waals surface area contributed by atoms with E-state index < -0.39 is 5.92 Å². The van der Waals surface area contributed by atoms with E-state index >= 15 is 0 Å². The highest BCUT2D eigenvalue weighted by molar-refractivity contribution is 5.77. The molecule has 1 unspecified atom stereocenters. The van der Waals surface area contributed by atoms with Gasteiger partial charge >= 0.3 is 0 Å². The highest BCUT2D eigenvalue weighted by Gasteiger charge is 2.29. The van der Waals surface area contributed by atoms with Crippen molar-refractivity contribution in [2.24, 2.45) is 0 Å². The molecule has 0 spiro atoms. The Bertz CT molecular complexity index is 510. The topological polar surface area (TPSA) is 72.7 Å². The summed E-state index contributed by atoms with van der Waals surface area (Å²) >= 11 is 0. The molecule has 1 aromatic carbocycles. The third kappa shape index (κ3) is 4.53. The Labute approximate surface area is 130 Å². The number of morpholine rings is 1. The molecule has 1 fully saturated rings. The monoisotopic (exact) mass is 306 g/mol. The van der Waals surface area contributed by atoms with Crippen molar-refractivity contribution in [1.82, 2.24) is 4.90 Å². The molecule has 0 bridgehead atoms. The van der Waals surface area contributed by atoms with Crippen LogP contribution in [0.25, 0.3) is 0 Å². The Balaban J connectivity index is 2.06. The third-order valence-electron chi connectivity index (χ3n) is 3.83. The normalized spacial score (nSPS) is 23.1. The summed E-state index contributed by atoms with van der Waals surface area (Å²) in [5.74, 6) is -0.435. The number of carbonyl (C=O) groups is 1. The van der Waals surface area contributed by atoms with Gasteiger partial charge in [-0.1, -0.05) is 30.3 Å². The molecule has 0 aliphatic carbocycles. The Hall–Kier alpha value is -1.95. The number of hydrogen-bond donors (Lipinski definition) is 0. The van der Waals surface area contributed by atoms with Crippen molar-refractivity contribution in [2.75, 3.05) is 19.6 Å². The van der Waals surface area contributed by atoms with Crippen molar-refractivity contribution in [3.8, 4) is 0 Å². The smallest absolute Gasteiger partial charge is 0.223 e. The van der Waals surface area contributed by atoms with Crippen LogP contribution < -0.4 is 0 Å². The first-order valence-corrected chi connectivity index (χ1v) is 7.55. The third-order valence-corrected chi connectivity index (χ3v) is 3.83. The van der Waals surface area contributed by atoms with Crippen molar-refractivity contribution in [2.45, 2.75) is 38.4 Å². The van der Waals surface area contributed by atoms with Crippen LogP contribution in [0.15, 0.2) is 30.3 Å². The van der Waals surface area contributed by atoms with Gasteiger partial charge in [-0.3, -0.25) is 14.9 Å². The molecule has 1 aliphatic rings. The average Bonchev–Trinajstić information content (AvgIpc) is 2.46. The Morgan fingerprint density at radius 3 is 2.45 bits per heavy atom. The lowest BCUT2D eigenvalue weighted by Crippen LogP contribution is -2.48. The summed E-state index contributed by atoms with van der Waals surface area (Å²) in [6.45, 7) is 4.72. The first-order chi connectivity index (χ1) is 10.5. The van der Waals surface area contributed by atoms with E-state index in [1.807, 2.05) is 44.2 Å². The molecule has 1 heterocycles. The minimum atomic E-state index is -0.392. The highest BCUT2D eigenvalue weighted by atomic mass is 16.6. The summed E-state index contributed by atoms with van der Waals surface area (Å²) in [7, 11) is 0. The molecule has 3 atom stereocenters. The number of rotatable bonds is 5. The lowest BCUT2D eigenvalue weighted by molar-refractivity contribution is -0.483. The van der Waals surface area contributed by atoms with Crippen molar-refractivity contribution < 1.29 is 14.5 Å². The Kier molecular flexibility index (Phi) is 5.49. The summed E-state index contributed by atoms with van der Waals surface area (Å²) in [5, 5.41) is 10.9. The summed E-state index contributed by atoms with van der Waals surface area (Å²) in [6, 6.07) is 9.22. The maximum Gasteiger partial charge on any atom is 0.223 e. The zero-order chi connectivity index (χ0) is 16.1. The van der Waals surface area contributed by atoms with E-state index in [-0.39, 0.29) is 36.0 Å². The molecule has 0 radical (unpaired) electrons. The van der Waals surface area contributed by atoms with Crippen molar-refractivity contribution >= 4 is 5.91 Å². The lowest BCUT2D eigenvalue weighted by Gasteiger charge is -2.35. The molecule has 1 amide bonds. The average molecular weight is 306 g/mol. The van der Waals surface area contributed by atoms with Gasteiger partial charge in [0.15, 0.2) is 0 Å². The van der Waals surface area contributed by atoms with Crippen LogP contribution in [0, 0.1) is 10.1 Å². The molecule has 0 N–H and O–H groups in total. The predicted molar refractivity (Wildman–Crippen MR) is 82.3 cm³/mol. The standard InChI is InChI=1S/C16H22N2O4/c1-12-9-17(10-13(2)22-12)16(19)8-15(11-18(20)21)14-6-4-3-5-7-14/h3-7,12-13,15H,8-11H2,1-2H3/t12-,13-,15?/m1/s1. The number of amides is 1. The second-order valence-corrected chi connectivity index (χ2v) is 5.88. The van der Waals surface area contributed by atoms with Gasteiger partial charge in [0, 0.05) is 24.4 Å². The number of nitro groups is 1. The van der Waals surface area contributed by atoms with Gasteiger partial charge in [-0.25, -0.2) is 0 Å². The summed E-state index contributed by atoms with van der Waals surface area (Å²) in [6.07, 6.45) is 0.154. The summed E-state index contributed by atoms with van der Waals surface area (Å²) in [5.41, 5.74) is 0.835. The van der Waals surface area contributed by atoms with E-state index in [1.54, 1.807) is 4.90 Å². The first-order valence-electron chi connectivity index (χ1n) is 7.55. The van der Waals surface area contributed by atoms with E-state index in [2.05, 4.69) is 0 Å². The maximum atomic E-state index is 12.5. The minimum Gasteiger partial charge on any atom is -0.372 e. The zero-order valence-electron chi connectivity index (χ0n) is 13.0. The van der Waals surface area contributed by atoms with Crippen LogP contribution in [-0.4, -0.2) is 47.6 Å². The molecule has 22 heavy (non-hydrogen) atoms. The van der Waals surface area contributed by atoms with Crippen LogP contribution in [0.2, 0.25) is 0 Å². The molecule has 120 valence electrons. The van der Waals surface area contributed by atoms with Gasteiger partial charge in [-0.15, -0.1) is 0 Å². The summed E-state index contributed by atoms with van der Waals surface area (Å²) in [4.78, 5) is 24.8. The molecular weight excluding hydrogens is 284 g/mol. The fourth-order valence-corrected chi connectivity index (χ4v) is 2.91. The minimum absolute atomic E-state index is 0.00149. The Morgan fingerprint density at radius 2 is 1.91 bits per heavy atom. The van der Waals surface area contributed by atoms with E-state index in [4.69, 9.17) is 4.74 Å². The zero-order valence-corrected chi connectivity index (χ0v) is 13.0. The maximum absolute atomic E-state index is 12.5. The number of carbonyl (C=O) groups excluding carboxylic acids is 1. The molecule has 1 saturated heterocycles. The van der Waals surface area contributed by atoms with Crippen molar-refractivity contribution in [1.29, 1.82) is 0 Å². The second kappa shape index (κ2) is 7.35. The number of hydrogen-bond acceptors (Lipinski definition) is 4. The van der Waals surface area contributed by atoms with Crippen LogP contribution >= 0.6 is 0 Å². The lowest BCUT2D eigenvalue weighted by atomic mass is 9.95. The number of benzene rings is 1. The highest BCUT2D eigenvalue weighted by Crippen LogP contribution is 2.22. The fraction of sp³-hybridized carbons (Fsp3) is 0.562. The molecule has 6 nitrogen and oxygen atoms in total. The van der Waals surface area contributed by atoms with Crippen LogP contribution in [-0.2, 0) is 9.53 Å². The molecule has 0 aromatic heterocycles. The van der Waals surface area contributed by atoms with Gasteiger partial charge in [-0.2, -0.15) is 0 Å². The summed E-state index contributed by atoms with van der Waals surface area (Å²) < 4.78 is 5.62. The molecule has 1 aliphatic heterocycles. The molecule has 2 rings (SSSR count). The Morgan fingerprint density at radius 1 is 1.32 bits per heavy atom. The molecule has 0 saturated carbocycles. The molecule has 1 aromatic rings. The molecule has 6 heteroatoms. The van der Waals surface area contributed by atoms with Crippen LogP contribution in [0.5, 0.6) is 0 Å². The first kappa shape index (κ1) is 16.4. The van der Waals surface area contributed by atoms with E-state index in [1.165, 1.54) is 0 Å². The quantitative estimate of drug-likeness (QED) is 0.616. The van der Waals surface area contributed by atoms with Gasteiger partial charge in [0.2, 0.25) is 12.5 Å². The van der Waals surface area contributed by atoms with Crippen LogP contribution in [0.4, 0.5) is 0 Å². The number of nitrogens with zero attached hydrogens (tertiary/aromatic N) is 2. The largest absolute Gasteiger partial charge is 0.372 e. The van der Waals surface area contributed by atoms with Crippen molar-refractivity contribution in [3.63, 3.8) is 0 Å². The van der Waals surface area contributed by atoms with Gasteiger partial charge in [0.05, 0.1) is 18.1 Å². The molecular formula is C16H22N2O4.